The molecule has 1 spiro atoms. The topological polar surface area (TPSA) is 44.4 Å². The highest BCUT2D eigenvalue weighted by molar-refractivity contribution is 5.77. The molecule has 72 valence electrons. The summed E-state index contributed by atoms with van der Waals surface area (Å²) in [7, 11) is 0. The molecule has 0 aliphatic carbocycles. The molecular weight excluding hydrogens is 166 g/mol. The van der Waals surface area contributed by atoms with E-state index in [1.54, 1.807) is 0 Å². The van der Waals surface area contributed by atoms with E-state index in [1.807, 2.05) is 0 Å². The van der Waals surface area contributed by atoms with E-state index in [2.05, 4.69) is 15.5 Å². The molecular formula is C9H15N3O. The van der Waals surface area contributed by atoms with Crippen molar-refractivity contribution >= 4 is 6.03 Å². The van der Waals surface area contributed by atoms with Gasteiger partial charge in [-0.1, -0.05) is 0 Å². The Bertz CT molecular complexity index is 247. The molecule has 0 unspecified atom stereocenters. The van der Waals surface area contributed by atoms with E-state index >= 15 is 0 Å². The van der Waals surface area contributed by atoms with E-state index in [9.17, 15) is 4.79 Å². The number of nitrogens with one attached hydrogen (secondary N) is 2. The molecule has 4 saturated heterocycles. The molecule has 0 radical (unpaired) electrons. The van der Waals surface area contributed by atoms with Crippen molar-refractivity contribution in [1.82, 2.24) is 15.5 Å². The Labute approximate surface area is 77.7 Å². The minimum absolute atomic E-state index is 0.0220. The van der Waals surface area contributed by atoms with Gasteiger partial charge in [-0.15, -0.1) is 0 Å². The number of carbonyl (C=O) groups is 1. The average Bonchev–Trinajstić information content (AvgIpc) is 2.49. The van der Waals surface area contributed by atoms with Crippen molar-refractivity contribution in [2.24, 2.45) is 5.92 Å². The number of carbonyl (C=O) groups excluding carboxylic acids is 1. The summed E-state index contributed by atoms with van der Waals surface area (Å²) in [6.07, 6.45) is 2.50. The first kappa shape index (κ1) is 7.62. The molecule has 2 bridgehead atoms. The van der Waals surface area contributed by atoms with Crippen LogP contribution < -0.4 is 10.6 Å². The van der Waals surface area contributed by atoms with Gasteiger partial charge in [0, 0.05) is 13.1 Å². The second-order valence-electron chi connectivity index (χ2n) is 4.51. The van der Waals surface area contributed by atoms with Crippen LogP contribution in [0.1, 0.15) is 12.8 Å². The summed E-state index contributed by atoms with van der Waals surface area (Å²) >= 11 is 0. The molecule has 2 N–H and O–H groups in total. The molecule has 0 aromatic heterocycles. The minimum Gasteiger partial charge on any atom is -0.336 e. The zero-order chi connectivity index (χ0) is 8.89. The van der Waals surface area contributed by atoms with Gasteiger partial charge in [-0.25, -0.2) is 4.79 Å². The molecule has 4 nitrogen and oxygen atoms in total. The van der Waals surface area contributed by atoms with Crippen molar-refractivity contribution in [2.75, 3.05) is 26.2 Å². The van der Waals surface area contributed by atoms with Crippen LogP contribution in [0.2, 0.25) is 0 Å². The van der Waals surface area contributed by atoms with Crippen LogP contribution in [0.25, 0.3) is 0 Å². The Morgan fingerprint density at radius 1 is 1.38 bits per heavy atom. The van der Waals surface area contributed by atoms with E-state index in [-0.39, 0.29) is 11.6 Å². The SMILES string of the molecule is O=C1NC[C@]2(CN3CCC2CC3)N1. The van der Waals surface area contributed by atoms with Crippen molar-refractivity contribution in [1.29, 1.82) is 0 Å². The van der Waals surface area contributed by atoms with Crippen LogP contribution in [0.4, 0.5) is 4.79 Å². The number of piperidine rings is 3. The number of hydrogen-bond acceptors (Lipinski definition) is 2. The predicted molar refractivity (Wildman–Crippen MR) is 48.4 cm³/mol. The Balaban J connectivity index is 1.87. The number of rotatable bonds is 0. The average molecular weight is 181 g/mol. The van der Waals surface area contributed by atoms with Crippen molar-refractivity contribution in [3.05, 3.63) is 0 Å². The van der Waals surface area contributed by atoms with Gasteiger partial charge in [0.15, 0.2) is 0 Å². The second-order valence-corrected chi connectivity index (χ2v) is 4.51. The van der Waals surface area contributed by atoms with Crippen LogP contribution in [0, 0.1) is 5.92 Å². The maximum absolute atomic E-state index is 11.2. The molecule has 0 saturated carbocycles. The van der Waals surface area contributed by atoms with Gasteiger partial charge in [-0.05, 0) is 31.8 Å². The van der Waals surface area contributed by atoms with Gasteiger partial charge in [0.1, 0.15) is 0 Å². The summed E-state index contributed by atoms with van der Waals surface area (Å²) < 4.78 is 0. The maximum Gasteiger partial charge on any atom is 0.315 e. The fraction of sp³-hybridized carbons (Fsp3) is 0.889. The lowest BCUT2D eigenvalue weighted by Crippen LogP contribution is -2.65. The summed E-state index contributed by atoms with van der Waals surface area (Å²) in [4.78, 5) is 13.6. The van der Waals surface area contributed by atoms with Crippen molar-refractivity contribution < 1.29 is 4.79 Å². The lowest BCUT2D eigenvalue weighted by molar-refractivity contribution is 0.0260. The smallest absolute Gasteiger partial charge is 0.315 e. The molecule has 0 aromatic carbocycles. The molecule has 4 heterocycles. The molecule has 4 aliphatic heterocycles. The molecule has 0 aromatic rings. The third-order valence-corrected chi connectivity index (χ3v) is 3.80. The van der Waals surface area contributed by atoms with E-state index in [0.29, 0.717) is 5.92 Å². The Kier molecular flexibility index (Phi) is 1.39. The normalized spacial score (nSPS) is 47.8. The van der Waals surface area contributed by atoms with Crippen LogP contribution in [0.15, 0.2) is 0 Å². The van der Waals surface area contributed by atoms with Crippen LogP contribution in [0.3, 0.4) is 0 Å². The lowest BCUT2D eigenvalue weighted by Gasteiger charge is -2.50. The fourth-order valence-corrected chi connectivity index (χ4v) is 3.07. The highest BCUT2D eigenvalue weighted by Crippen LogP contribution is 2.36. The van der Waals surface area contributed by atoms with Crippen LogP contribution in [-0.2, 0) is 0 Å². The Hall–Kier alpha value is -0.770. The third kappa shape index (κ3) is 0.981. The number of hydrogen-bond donors (Lipinski definition) is 2. The summed E-state index contributed by atoms with van der Waals surface area (Å²) in [5, 5.41) is 6.00. The first-order valence-corrected chi connectivity index (χ1v) is 5.07. The standard InChI is InChI=1S/C9H15N3O/c13-8-10-5-9(11-8)6-12-3-1-7(9)2-4-12/h7H,1-6H2,(H2,10,11,13)/t9-/m1/s1. The molecule has 4 aliphatic rings. The van der Waals surface area contributed by atoms with Gasteiger partial charge in [-0.3, -0.25) is 0 Å². The van der Waals surface area contributed by atoms with Gasteiger partial charge in [-0.2, -0.15) is 0 Å². The summed E-state index contributed by atoms with van der Waals surface area (Å²) in [5.74, 6) is 0.705. The number of fused-ring (bicyclic) bond motifs is 2. The van der Waals surface area contributed by atoms with E-state index < -0.39 is 0 Å². The van der Waals surface area contributed by atoms with Gasteiger partial charge < -0.3 is 15.5 Å². The largest absolute Gasteiger partial charge is 0.336 e. The first-order chi connectivity index (χ1) is 6.28. The first-order valence-electron chi connectivity index (χ1n) is 5.07. The summed E-state index contributed by atoms with van der Waals surface area (Å²) in [5.41, 5.74) is 0.0770. The van der Waals surface area contributed by atoms with E-state index in [1.165, 1.54) is 25.9 Å². The monoisotopic (exact) mass is 181 g/mol. The van der Waals surface area contributed by atoms with E-state index in [0.717, 1.165) is 13.1 Å². The number of nitrogens with zero attached hydrogens (tertiary/aromatic N) is 1. The predicted octanol–water partition coefficient (Wildman–Crippen LogP) is -0.236. The van der Waals surface area contributed by atoms with Gasteiger partial charge in [0.25, 0.3) is 0 Å². The molecule has 13 heavy (non-hydrogen) atoms. The fourth-order valence-electron chi connectivity index (χ4n) is 3.07. The van der Waals surface area contributed by atoms with Crippen LogP contribution in [-0.4, -0.2) is 42.6 Å². The second kappa shape index (κ2) is 2.38. The van der Waals surface area contributed by atoms with Crippen molar-refractivity contribution in [3.63, 3.8) is 0 Å². The Morgan fingerprint density at radius 2 is 2.15 bits per heavy atom. The van der Waals surface area contributed by atoms with E-state index in [4.69, 9.17) is 0 Å². The molecule has 4 heteroatoms. The molecule has 1 atom stereocenters. The van der Waals surface area contributed by atoms with Crippen LogP contribution in [0.5, 0.6) is 0 Å². The molecule has 2 amide bonds. The number of amides is 2. The maximum atomic E-state index is 11.2. The van der Waals surface area contributed by atoms with Crippen LogP contribution >= 0.6 is 0 Å². The van der Waals surface area contributed by atoms with Gasteiger partial charge in [0.05, 0.1) is 5.54 Å². The zero-order valence-electron chi connectivity index (χ0n) is 7.68. The quantitative estimate of drug-likeness (QED) is 0.542. The molecule has 4 fully saturated rings. The minimum atomic E-state index is 0.0220. The van der Waals surface area contributed by atoms with Crippen molar-refractivity contribution in [3.8, 4) is 0 Å². The van der Waals surface area contributed by atoms with Crippen molar-refractivity contribution in [2.45, 2.75) is 18.4 Å². The molecule has 4 rings (SSSR count). The highest BCUT2D eigenvalue weighted by atomic mass is 16.2. The summed E-state index contributed by atoms with van der Waals surface area (Å²) in [6.45, 7) is 4.33. The number of urea groups is 1. The lowest BCUT2D eigenvalue weighted by atomic mass is 9.73. The summed E-state index contributed by atoms with van der Waals surface area (Å²) in [6, 6.07) is 0.0220. The third-order valence-electron chi connectivity index (χ3n) is 3.80. The van der Waals surface area contributed by atoms with Gasteiger partial charge >= 0.3 is 6.03 Å². The van der Waals surface area contributed by atoms with Gasteiger partial charge in [0.2, 0.25) is 0 Å². The zero-order valence-corrected chi connectivity index (χ0v) is 7.68. The highest BCUT2D eigenvalue weighted by Gasteiger charge is 2.50. The Morgan fingerprint density at radius 3 is 2.62 bits per heavy atom.